The molecule has 0 aliphatic heterocycles. The number of hydrogen-bond acceptors (Lipinski definition) is 2. The van der Waals surface area contributed by atoms with Crippen molar-refractivity contribution in [3.8, 4) is 0 Å². The smallest absolute Gasteiger partial charge is 0.0726 e. The number of unbranched alkanes of at least 4 members (excludes halogenated alkanes) is 8. The molecule has 2 heterocycles. The van der Waals surface area contributed by atoms with Gasteiger partial charge in [-0.05, 0) is 56.4 Å². The number of rotatable bonds is 13. The second kappa shape index (κ2) is 12.7. The highest BCUT2D eigenvalue weighted by Gasteiger charge is 2.26. The summed E-state index contributed by atoms with van der Waals surface area (Å²) < 4.78 is 2.84. The lowest BCUT2D eigenvalue weighted by molar-refractivity contribution is 0.304. The van der Waals surface area contributed by atoms with Gasteiger partial charge in [-0.3, -0.25) is 0 Å². The van der Waals surface area contributed by atoms with E-state index < -0.39 is 0 Å². The second-order valence-electron chi connectivity index (χ2n) is 9.27. The summed E-state index contributed by atoms with van der Waals surface area (Å²) in [6.45, 7) is 4.59. The lowest BCUT2D eigenvalue weighted by atomic mass is 9.79. The van der Waals surface area contributed by atoms with Crippen molar-refractivity contribution >= 4 is 43.7 Å². The van der Waals surface area contributed by atoms with E-state index in [1.165, 1.54) is 117 Å². The van der Waals surface area contributed by atoms with E-state index in [1.54, 1.807) is 4.88 Å². The summed E-state index contributed by atoms with van der Waals surface area (Å²) in [5.74, 6) is 1.70. The summed E-state index contributed by atoms with van der Waals surface area (Å²) in [7, 11) is 0. The third-order valence-electron chi connectivity index (χ3n) is 6.84. The molecule has 0 bridgehead atoms. The van der Waals surface area contributed by atoms with Crippen molar-refractivity contribution in [2.24, 2.45) is 5.92 Å². The van der Waals surface area contributed by atoms with Crippen LogP contribution < -0.4 is 0 Å². The van der Waals surface area contributed by atoms with Crippen LogP contribution in [-0.2, 0) is 6.42 Å². The molecule has 1 saturated carbocycles. The maximum atomic E-state index is 6.90. The number of thiophene rings is 2. The molecule has 2 aromatic heterocycles. The maximum absolute atomic E-state index is 6.90. The first-order chi connectivity index (χ1) is 14.2. The van der Waals surface area contributed by atoms with Gasteiger partial charge in [-0.15, -0.1) is 22.7 Å². The highest BCUT2D eigenvalue weighted by Crippen LogP contribution is 2.48. The molecule has 164 valence electrons. The summed E-state index contributed by atoms with van der Waals surface area (Å²) in [6.07, 6.45) is 22.2. The van der Waals surface area contributed by atoms with Gasteiger partial charge >= 0.3 is 0 Å². The first-order valence-corrected chi connectivity index (χ1v) is 14.4. The molecule has 0 unspecified atom stereocenters. The Labute approximate surface area is 192 Å². The average molecular weight is 453 g/mol. The molecular formula is C26H41ClS2. The van der Waals surface area contributed by atoms with E-state index in [2.05, 4.69) is 19.9 Å². The third-order valence-corrected chi connectivity index (χ3v) is 10.1. The fraction of sp³-hybridized carbons (Fsp3) is 0.769. The lowest BCUT2D eigenvalue weighted by Crippen LogP contribution is -2.12. The standard InChI is InChI=1S/C26H41ClS2/c1-3-5-7-9-11-13-20-15-17-21(18-16-20)25-24(27)26-23(29-25)19-22(28-26)14-12-10-8-6-4-2/h19-21H,3-18H2,1-2H3. The molecule has 0 radical (unpaired) electrons. The largest absolute Gasteiger partial charge is 0.138 e. The summed E-state index contributed by atoms with van der Waals surface area (Å²) in [5.41, 5.74) is 0. The molecule has 0 amide bonds. The molecule has 1 aliphatic rings. The van der Waals surface area contributed by atoms with E-state index in [0.29, 0.717) is 0 Å². The van der Waals surface area contributed by atoms with Crippen molar-refractivity contribution in [3.63, 3.8) is 0 Å². The lowest BCUT2D eigenvalue weighted by Gasteiger charge is -2.28. The Morgan fingerprint density at radius 2 is 1.48 bits per heavy atom. The SMILES string of the molecule is CCCCCCCc1cc2sc(C3CCC(CCCCCCC)CC3)c(Cl)c2s1. The normalized spacial score (nSPS) is 20.0. The molecule has 0 aromatic carbocycles. The second-order valence-corrected chi connectivity index (χ2v) is 11.9. The first kappa shape index (κ1) is 23.6. The van der Waals surface area contributed by atoms with Gasteiger partial charge in [-0.1, -0.05) is 89.7 Å². The van der Waals surface area contributed by atoms with E-state index in [9.17, 15) is 0 Å². The van der Waals surface area contributed by atoms with Crippen molar-refractivity contribution in [3.05, 3.63) is 20.8 Å². The van der Waals surface area contributed by atoms with Gasteiger partial charge < -0.3 is 0 Å². The molecule has 29 heavy (non-hydrogen) atoms. The third kappa shape index (κ3) is 6.97. The van der Waals surface area contributed by atoms with Crippen molar-refractivity contribution in [1.29, 1.82) is 0 Å². The molecule has 1 aliphatic carbocycles. The maximum Gasteiger partial charge on any atom is 0.0726 e. The predicted octanol–water partition coefficient (Wildman–Crippen LogP) is 10.8. The topological polar surface area (TPSA) is 0 Å². The average Bonchev–Trinajstić information content (AvgIpc) is 3.27. The quantitative estimate of drug-likeness (QED) is 0.265. The Hall–Kier alpha value is -0.0500. The van der Waals surface area contributed by atoms with Crippen molar-refractivity contribution < 1.29 is 0 Å². The van der Waals surface area contributed by atoms with Crippen molar-refractivity contribution in [2.75, 3.05) is 0 Å². The number of hydrogen-bond donors (Lipinski definition) is 0. The number of aryl methyl sites for hydroxylation is 1. The van der Waals surface area contributed by atoms with Gasteiger partial charge in [-0.25, -0.2) is 0 Å². The molecular weight excluding hydrogens is 412 g/mol. The van der Waals surface area contributed by atoms with Crippen molar-refractivity contribution in [1.82, 2.24) is 0 Å². The Bertz CT molecular complexity index is 706. The molecule has 2 aromatic rings. The fourth-order valence-corrected chi connectivity index (χ4v) is 8.17. The number of halogens is 1. The van der Waals surface area contributed by atoms with E-state index >= 15 is 0 Å². The van der Waals surface area contributed by atoms with Crippen LogP contribution in [0.5, 0.6) is 0 Å². The summed E-state index contributed by atoms with van der Waals surface area (Å²) in [4.78, 5) is 3.05. The van der Waals surface area contributed by atoms with E-state index in [-0.39, 0.29) is 0 Å². The Morgan fingerprint density at radius 3 is 2.14 bits per heavy atom. The minimum Gasteiger partial charge on any atom is -0.138 e. The van der Waals surface area contributed by atoms with Gasteiger partial charge in [0.25, 0.3) is 0 Å². The van der Waals surface area contributed by atoms with E-state index in [1.807, 2.05) is 22.7 Å². The Morgan fingerprint density at radius 1 is 0.828 bits per heavy atom. The molecule has 0 nitrogen and oxygen atoms in total. The van der Waals surface area contributed by atoms with Crippen LogP contribution in [0.1, 0.15) is 126 Å². The fourth-order valence-electron chi connectivity index (χ4n) is 4.96. The minimum absolute atomic E-state index is 0.723. The number of fused-ring (bicyclic) bond motifs is 1. The van der Waals surface area contributed by atoms with Crippen LogP contribution in [0.3, 0.4) is 0 Å². The molecule has 3 rings (SSSR count). The van der Waals surface area contributed by atoms with Crippen LogP contribution in [0.15, 0.2) is 6.07 Å². The van der Waals surface area contributed by atoms with Gasteiger partial charge in [0.05, 0.1) is 9.72 Å². The van der Waals surface area contributed by atoms with E-state index in [0.717, 1.165) is 16.9 Å². The summed E-state index contributed by atoms with van der Waals surface area (Å²) >= 11 is 10.9. The molecule has 3 heteroatoms. The molecule has 0 atom stereocenters. The van der Waals surface area contributed by atoms with Crippen LogP contribution in [0.4, 0.5) is 0 Å². The van der Waals surface area contributed by atoms with Gasteiger partial charge in [0, 0.05) is 14.5 Å². The highest BCUT2D eigenvalue weighted by atomic mass is 35.5. The van der Waals surface area contributed by atoms with Crippen LogP contribution >= 0.6 is 34.3 Å². The molecule has 0 spiro atoms. The predicted molar refractivity (Wildman–Crippen MR) is 135 cm³/mol. The zero-order valence-corrected chi connectivity index (χ0v) is 21.1. The molecule has 0 saturated heterocycles. The highest BCUT2D eigenvalue weighted by molar-refractivity contribution is 7.28. The monoisotopic (exact) mass is 452 g/mol. The van der Waals surface area contributed by atoms with Gasteiger partial charge in [-0.2, -0.15) is 0 Å². The summed E-state index contributed by atoms with van der Waals surface area (Å²) in [6, 6.07) is 2.45. The first-order valence-electron chi connectivity index (χ1n) is 12.4. The van der Waals surface area contributed by atoms with Crippen LogP contribution in [0, 0.1) is 5.92 Å². The Kier molecular flexibility index (Phi) is 10.4. The van der Waals surface area contributed by atoms with E-state index in [4.69, 9.17) is 11.6 Å². The van der Waals surface area contributed by atoms with Gasteiger partial charge in [0.15, 0.2) is 0 Å². The van der Waals surface area contributed by atoms with Crippen molar-refractivity contribution in [2.45, 2.75) is 122 Å². The minimum atomic E-state index is 0.723. The Balaban J connectivity index is 1.46. The van der Waals surface area contributed by atoms with Crippen LogP contribution in [-0.4, -0.2) is 0 Å². The molecule has 1 fully saturated rings. The van der Waals surface area contributed by atoms with Gasteiger partial charge in [0.2, 0.25) is 0 Å². The molecule has 0 N–H and O–H groups in total. The van der Waals surface area contributed by atoms with Crippen LogP contribution in [0.25, 0.3) is 9.40 Å². The zero-order valence-electron chi connectivity index (χ0n) is 18.7. The summed E-state index contributed by atoms with van der Waals surface area (Å²) in [5, 5.41) is 1.11. The zero-order chi connectivity index (χ0) is 20.5. The van der Waals surface area contributed by atoms with Crippen LogP contribution in [0.2, 0.25) is 5.02 Å². The van der Waals surface area contributed by atoms with Gasteiger partial charge in [0.1, 0.15) is 0 Å².